The molecule has 0 radical (unpaired) electrons. The summed E-state index contributed by atoms with van der Waals surface area (Å²) in [6.45, 7) is 2.40. The summed E-state index contributed by atoms with van der Waals surface area (Å²) in [5, 5.41) is 2.12. The van der Waals surface area contributed by atoms with Gasteiger partial charge in [0.05, 0.1) is 0 Å². The Bertz CT molecular complexity index is 98.6. The van der Waals surface area contributed by atoms with Gasteiger partial charge in [-0.25, -0.2) is 0 Å². The van der Waals surface area contributed by atoms with E-state index >= 15 is 0 Å². The van der Waals surface area contributed by atoms with Crippen LogP contribution < -0.4 is 0 Å². The van der Waals surface area contributed by atoms with Crippen LogP contribution in [0.4, 0.5) is 0 Å². The fraction of sp³-hybridized carbons (Fsp3) is 1.00. The lowest BCUT2D eigenvalue weighted by Gasteiger charge is -2.13. The Kier molecular flexibility index (Phi) is 1.07. The molecule has 46 valence electrons. The van der Waals surface area contributed by atoms with Crippen LogP contribution in [0.1, 0.15) is 26.2 Å². The fourth-order valence-corrected chi connectivity index (χ4v) is 3.72. The van der Waals surface area contributed by atoms with E-state index in [1.54, 1.807) is 0 Å². The van der Waals surface area contributed by atoms with Gasteiger partial charge in [0.2, 0.25) is 0 Å². The summed E-state index contributed by atoms with van der Waals surface area (Å²) < 4.78 is 0. The lowest BCUT2D eigenvalue weighted by Crippen LogP contribution is -2.11. The molecule has 0 spiro atoms. The summed E-state index contributed by atoms with van der Waals surface area (Å²) in [6, 6.07) is 0. The van der Waals surface area contributed by atoms with Crippen molar-refractivity contribution < 1.29 is 0 Å². The second-order valence-electron chi connectivity index (χ2n) is 3.09. The monoisotopic (exact) mass is 128 g/mol. The van der Waals surface area contributed by atoms with Crippen molar-refractivity contribution in [3.05, 3.63) is 0 Å². The molecule has 0 nitrogen and oxygen atoms in total. The van der Waals surface area contributed by atoms with E-state index in [-0.39, 0.29) is 0 Å². The number of hydrogen-bond acceptors (Lipinski definition) is 1. The van der Waals surface area contributed by atoms with E-state index < -0.39 is 0 Å². The predicted octanol–water partition coefficient (Wildman–Crippen LogP) is 2.29. The Hall–Kier alpha value is 0.350. The van der Waals surface area contributed by atoms with E-state index in [0.717, 1.165) is 16.4 Å². The Morgan fingerprint density at radius 3 is 2.50 bits per heavy atom. The molecular weight excluding hydrogens is 116 g/mol. The summed E-state index contributed by atoms with van der Waals surface area (Å²) in [5.74, 6) is 1.04. The highest BCUT2D eigenvalue weighted by atomic mass is 32.2. The highest BCUT2D eigenvalue weighted by molar-refractivity contribution is 8.01. The predicted molar refractivity (Wildman–Crippen MR) is 38.2 cm³/mol. The standard InChI is InChI=1S/C7H12S/c1-5-4-6-2-3-7(5)8-6/h5-7H,2-4H2,1H3/t5-,6-,7+/m0/s1. The van der Waals surface area contributed by atoms with Crippen molar-refractivity contribution in [2.45, 2.75) is 36.7 Å². The normalized spacial score (nSPS) is 52.9. The van der Waals surface area contributed by atoms with Crippen molar-refractivity contribution in [2.75, 3.05) is 0 Å². The van der Waals surface area contributed by atoms with Gasteiger partial charge in [0.15, 0.2) is 0 Å². The summed E-state index contributed by atoms with van der Waals surface area (Å²) in [5.41, 5.74) is 0. The third-order valence-corrected chi connectivity index (χ3v) is 4.27. The highest BCUT2D eigenvalue weighted by Gasteiger charge is 2.37. The van der Waals surface area contributed by atoms with Gasteiger partial charge in [0.25, 0.3) is 0 Å². The zero-order valence-corrected chi connectivity index (χ0v) is 6.08. The molecule has 3 atom stereocenters. The van der Waals surface area contributed by atoms with Crippen molar-refractivity contribution in [2.24, 2.45) is 5.92 Å². The largest absolute Gasteiger partial charge is 0.155 e. The van der Waals surface area contributed by atoms with Gasteiger partial charge < -0.3 is 0 Å². The van der Waals surface area contributed by atoms with Gasteiger partial charge in [0.1, 0.15) is 0 Å². The minimum atomic E-state index is 1.04. The average molecular weight is 128 g/mol. The second-order valence-corrected chi connectivity index (χ2v) is 4.63. The van der Waals surface area contributed by atoms with Gasteiger partial charge in [-0.15, -0.1) is 0 Å². The zero-order valence-electron chi connectivity index (χ0n) is 5.26. The maximum Gasteiger partial charge on any atom is 0.00762 e. The van der Waals surface area contributed by atoms with Crippen LogP contribution in [0.5, 0.6) is 0 Å². The number of rotatable bonds is 0. The first-order valence-corrected chi connectivity index (χ1v) is 4.46. The molecule has 0 amide bonds. The van der Waals surface area contributed by atoms with Crippen LogP contribution in [0.15, 0.2) is 0 Å². The molecule has 0 unspecified atom stereocenters. The highest BCUT2D eigenvalue weighted by Crippen LogP contribution is 2.48. The molecule has 2 fully saturated rings. The van der Waals surface area contributed by atoms with Crippen molar-refractivity contribution in [1.29, 1.82) is 0 Å². The van der Waals surface area contributed by atoms with E-state index in [9.17, 15) is 0 Å². The van der Waals surface area contributed by atoms with Gasteiger partial charge in [-0.2, -0.15) is 11.8 Å². The minimum absolute atomic E-state index is 1.04. The molecule has 1 heteroatoms. The third-order valence-electron chi connectivity index (χ3n) is 2.41. The van der Waals surface area contributed by atoms with Crippen molar-refractivity contribution >= 4 is 11.8 Å². The number of fused-ring (bicyclic) bond motifs is 2. The molecular formula is C7H12S. The zero-order chi connectivity index (χ0) is 5.56. The molecule has 2 heterocycles. The molecule has 0 saturated carbocycles. The van der Waals surface area contributed by atoms with Crippen LogP contribution in [0, 0.1) is 5.92 Å². The Labute approximate surface area is 55.0 Å². The van der Waals surface area contributed by atoms with Crippen LogP contribution in [-0.4, -0.2) is 10.5 Å². The fourth-order valence-electron chi connectivity index (χ4n) is 1.89. The summed E-state index contributed by atoms with van der Waals surface area (Å²) in [7, 11) is 0. The maximum absolute atomic E-state index is 2.40. The van der Waals surface area contributed by atoms with E-state index in [1.165, 1.54) is 19.3 Å². The van der Waals surface area contributed by atoms with Gasteiger partial charge in [-0.1, -0.05) is 6.92 Å². The van der Waals surface area contributed by atoms with Crippen LogP contribution >= 0.6 is 11.8 Å². The summed E-state index contributed by atoms with van der Waals surface area (Å²) >= 11 is 2.24. The molecule has 0 aromatic carbocycles. The minimum Gasteiger partial charge on any atom is -0.155 e. The van der Waals surface area contributed by atoms with Crippen molar-refractivity contribution in [3.63, 3.8) is 0 Å². The van der Waals surface area contributed by atoms with Crippen LogP contribution in [0.3, 0.4) is 0 Å². The van der Waals surface area contributed by atoms with E-state index in [4.69, 9.17) is 0 Å². The summed E-state index contributed by atoms with van der Waals surface area (Å²) in [6.07, 6.45) is 4.53. The molecule has 2 rings (SSSR count). The Balaban J connectivity index is 2.11. The molecule has 0 aromatic heterocycles. The van der Waals surface area contributed by atoms with Gasteiger partial charge in [-0.05, 0) is 25.2 Å². The molecule has 8 heavy (non-hydrogen) atoms. The topological polar surface area (TPSA) is 0 Å². The quantitative estimate of drug-likeness (QED) is 0.482. The second kappa shape index (κ2) is 1.66. The first-order valence-electron chi connectivity index (χ1n) is 3.52. The van der Waals surface area contributed by atoms with Crippen LogP contribution in [0.2, 0.25) is 0 Å². The first-order chi connectivity index (χ1) is 3.86. The smallest absolute Gasteiger partial charge is 0.00762 e. The van der Waals surface area contributed by atoms with Gasteiger partial charge >= 0.3 is 0 Å². The molecule has 2 saturated heterocycles. The molecule has 0 N–H and O–H groups in total. The Morgan fingerprint density at radius 2 is 2.25 bits per heavy atom. The van der Waals surface area contributed by atoms with Crippen molar-refractivity contribution in [3.8, 4) is 0 Å². The van der Waals surface area contributed by atoms with Crippen LogP contribution in [-0.2, 0) is 0 Å². The van der Waals surface area contributed by atoms with Gasteiger partial charge in [0, 0.05) is 10.5 Å². The first kappa shape index (κ1) is 5.16. The third kappa shape index (κ3) is 0.604. The number of hydrogen-bond donors (Lipinski definition) is 0. The molecule has 0 aliphatic carbocycles. The van der Waals surface area contributed by atoms with E-state index in [1.807, 2.05) is 0 Å². The molecule has 0 aromatic rings. The summed E-state index contributed by atoms with van der Waals surface area (Å²) in [4.78, 5) is 0. The van der Waals surface area contributed by atoms with E-state index in [0.29, 0.717) is 0 Å². The maximum atomic E-state index is 2.40. The lowest BCUT2D eigenvalue weighted by atomic mass is 9.91. The number of thioether (sulfide) groups is 1. The molecule has 2 aliphatic rings. The Morgan fingerprint density at radius 1 is 1.38 bits per heavy atom. The average Bonchev–Trinajstić information content (AvgIpc) is 2.23. The molecule has 2 bridgehead atoms. The molecule has 2 aliphatic heterocycles. The lowest BCUT2D eigenvalue weighted by molar-refractivity contribution is 0.446. The van der Waals surface area contributed by atoms with Gasteiger partial charge in [-0.3, -0.25) is 0 Å². The van der Waals surface area contributed by atoms with E-state index in [2.05, 4.69) is 18.7 Å². The SMILES string of the molecule is C[C@H]1C[C@@H]2CC[C@H]1S2. The van der Waals surface area contributed by atoms with Crippen LogP contribution in [0.25, 0.3) is 0 Å². The van der Waals surface area contributed by atoms with Crippen molar-refractivity contribution in [1.82, 2.24) is 0 Å².